The van der Waals surface area contributed by atoms with Crippen LogP contribution in [0.4, 0.5) is 0 Å². The number of carbonyl (C=O) groups is 2. The number of hydrogen-bond acceptors (Lipinski definition) is 4. The average Bonchev–Trinajstić information content (AvgIpc) is 2.57. The van der Waals surface area contributed by atoms with Crippen LogP contribution in [0.1, 0.15) is 38.2 Å². The molecule has 23 heavy (non-hydrogen) atoms. The molecular formula is C17H20N2O4. The fraction of sp³-hybridized carbons (Fsp3) is 0.471. The minimum absolute atomic E-state index is 0.0775. The van der Waals surface area contributed by atoms with Gasteiger partial charge in [-0.15, -0.1) is 0 Å². The smallest absolute Gasteiger partial charge is 0.335 e. The van der Waals surface area contributed by atoms with Crippen molar-refractivity contribution in [3.8, 4) is 5.75 Å². The van der Waals surface area contributed by atoms with Crippen molar-refractivity contribution in [1.29, 1.82) is 0 Å². The summed E-state index contributed by atoms with van der Waals surface area (Å²) in [6.07, 6.45) is 1.48. The molecule has 1 aliphatic carbocycles. The molecule has 0 saturated heterocycles. The molecule has 0 radical (unpaired) electrons. The van der Waals surface area contributed by atoms with Gasteiger partial charge in [-0.3, -0.25) is 9.59 Å². The SMILES string of the molecule is CCOC(=O)CC1(c2cccc(OC)c2)CCCC(=[N+]=[N-])C1=O. The summed E-state index contributed by atoms with van der Waals surface area (Å²) in [7, 11) is 1.54. The van der Waals surface area contributed by atoms with Gasteiger partial charge in [0.25, 0.3) is 5.78 Å². The molecule has 2 rings (SSSR count). The van der Waals surface area contributed by atoms with E-state index in [-0.39, 0.29) is 24.5 Å². The molecule has 1 fully saturated rings. The molecule has 1 aromatic carbocycles. The third-order valence-corrected chi connectivity index (χ3v) is 4.21. The van der Waals surface area contributed by atoms with Gasteiger partial charge in [-0.1, -0.05) is 12.1 Å². The van der Waals surface area contributed by atoms with E-state index in [0.29, 0.717) is 30.6 Å². The highest BCUT2D eigenvalue weighted by Gasteiger charge is 2.50. The van der Waals surface area contributed by atoms with Crippen LogP contribution in [0, 0.1) is 0 Å². The van der Waals surface area contributed by atoms with E-state index in [2.05, 4.69) is 4.79 Å². The first-order valence-electron chi connectivity index (χ1n) is 7.63. The Balaban J connectivity index is 2.52. The number of nitrogens with zero attached hydrogens (tertiary/aromatic N) is 2. The number of benzene rings is 1. The van der Waals surface area contributed by atoms with Crippen LogP contribution in [-0.2, 0) is 19.7 Å². The van der Waals surface area contributed by atoms with Crippen LogP contribution in [0.3, 0.4) is 0 Å². The minimum Gasteiger partial charge on any atom is -0.497 e. The standard InChI is InChI=1S/C17H20N2O4/c1-3-23-15(20)11-17(9-5-8-14(19-18)16(17)21)12-6-4-7-13(10-12)22-2/h4,6-7,10H,3,5,8-9,11H2,1-2H3. The van der Waals surface area contributed by atoms with Crippen LogP contribution in [-0.4, -0.2) is 36.0 Å². The highest BCUT2D eigenvalue weighted by atomic mass is 16.5. The molecule has 6 heteroatoms. The number of rotatable bonds is 5. The third-order valence-electron chi connectivity index (χ3n) is 4.21. The van der Waals surface area contributed by atoms with Gasteiger partial charge in [0.05, 0.1) is 32.0 Å². The highest BCUT2D eigenvalue weighted by molar-refractivity contribution is 6.41. The van der Waals surface area contributed by atoms with Crippen LogP contribution >= 0.6 is 0 Å². The van der Waals surface area contributed by atoms with Crippen molar-refractivity contribution in [3.63, 3.8) is 0 Å². The van der Waals surface area contributed by atoms with E-state index in [4.69, 9.17) is 15.0 Å². The predicted octanol–water partition coefficient (Wildman–Crippen LogP) is 2.31. The zero-order valence-corrected chi connectivity index (χ0v) is 13.4. The second-order valence-electron chi connectivity index (χ2n) is 5.53. The molecule has 0 amide bonds. The van der Waals surface area contributed by atoms with Crippen LogP contribution in [0.15, 0.2) is 24.3 Å². The maximum Gasteiger partial charge on any atom is 0.335 e. The number of hydrogen-bond donors (Lipinski definition) is 0. The topological polar surface area (TPSA) is 89.0 Å². The largest absolute Gasteiger partial charge is 0.497 e. The summed E-state index contributed by atoms with van der Waals surface area (Å²) >= 11 is 0. The normalized spacial score (nSPS) is 20.8. The molecule has 0 N–H and O–H groups in total. The molecule has 0 spiro atoms. The van der Waals surface area contributed by atoms with E-state index in [0.717, 1.165) is 0 Å². The van der Waals surface area contributed by atoms with Gasteiger partial charge in [0.2, 0.25) is 0 Å². The molecule has 0 bridgehead atoms. The fourth-order valence-corrected chi connectivity index (χ4v) is 3.08. The summed E-state index contributed by atoms with van der Waals surface area (Å²) in [6, 6.07) is 7.09. The van der Waals surface area contributed by atoms with Crippen molar-refractivity contribution < 1.29 is 23.9 Å². The average molecular weight is 316 g/mol. The fourth-order valence-electron chi connectivity index (χ4n) is 3.08. The summed E-state index contributed by atoms with van der Waals surface area (Å²) in [5, 5.41) is 0. The minimum atomic E-state index is -1.07. The Morgan fingerprint density at radius 2 is 2.22 bits per heavy atom. The van der Waals surface area contributed by atoms with Gasteiger partial charge < -0.3 is 15.0 Å². The molecule has 1 saturated carbocycles. The summed E-state index contributed by atoms with van der Waals surface area (Å²) in [6.45, 7) is 1.97. The van der Waals surface area contributed by atoms with Gasteiger partial charge in [0.15, 0.2) is 0 Å². The number of ketones is 1. The zero-order valence-electron chi connectivity index (χ0n) is 13.4. The van der Waals surface area contributed by atoms with Gasteiger partial charge in [-0.25, -0.2) is 0 Å². The Kier molecular flexibility index (Phi) is 5.29. The molecule has 122 valence electrons. The summed E-state index contributed by atoms with van der Waals surface area (Å²) < 4.78 is 10.3. The molecule has 6 nitrogen and oxygen atoms in total. The third kappa shape index (κ3) is 3.32. The van der Waals surface area contributed by atoms with E-state index >= 15 is 0 Å². The number of ether oxygens (including phenoxy) is 2. The number of methoxy groups -OCH3 is 1. The first-order valence-corrected chi connectivity index (χ1v) is 7.63. The van der Waals surface area contributed by atoms with Gasteiger partial charge in [0, 0.05) is 0 Å². The maximum absolute atomic E-state index is 12.9. The molecule has 1 aromatic rings. The maximum atomic E-state index is 12.9. The summed E-state index contributed by atoms with van der Waals surface area (Å²) in [5.74, 6) is -0.165. The van der Waals surface area contributed by atoms with E-state index in [1.165, 1.54) is 0 Å². The molecule has 1 unspecified atom stereocenters. The van der Waals surface area contributed by atoms with E-state index < -0.39 is 11.4 Å². The Hall–Kier alpha value is -2.46. The number of Topliss-reactive ketones (excluding diaryl/α,β-unsaturated/α-hetero) is 1. The predicted molar refractivity (Wildman–Crippen MR) is 83.4 cm³/mol. The van der Waals surface area contributed by atoms with E-state index in [1.54, 1.807) is 38.3 Å². The van der Waals surface area contributed by atoms with Gasteiger partial charge >= 0.3 is 11.7 Å². The van der Waals surface area contributed by atoms with Crippen LogP contribution in [0.5, 0.6) is 5.75 Å². The highest BCUT2D eigenvalue weighted by Crippen LogP contribution is 2.40. The summed E-state index contributed by atoms with van der Waals surface area (Å²) in [5.41, 5.74) is 8.81. The van der Waals surface area contributed by atoms with Crippen molar-refractivity contribution in [1.82, 2.24) is 0 Å². The van der Waals surface area contributed by atoms with Crippen molar-refractivity contribution in [3.05, 3.63) is 35.4 Å². The lowest BCUT2D eigenvalue weighted by Crippen LogP contribution is -2.46. The van der Waals surface area contributed by atoms with Crippen LogP contribution < -0.4 is 4.74 Å². The molecule has 0 heterocycles. The van der Waals surface area contributed by atoms with Crippen molar-refractivity contribution in [2.45, 2.75) is 38.0 Å². The quantitative estimate of drug-likeness (QED) is 0.473. The zero-order chi connectivity index (χ0) is 16.9. The Bertz CT molecular complexity index is 664. The molecule has 0 aliphatic heterocycles. The molecule has 1 atom stereocenters. The Morgan fingerprint density at radius 1 is 1.43 bits per heavy atom. The van der Waals surface area contributed by atoms with Gasteiger partial charge in [-0.2, -0.15) is 4.79 Å². The molecular weight excluding hydrogens is 296 g/mol. The summed E-state index contributed by atoms with van der Waals surface area (Å²) in [4.78, 5) is 28.1. The van der Waals surface area contributed by atoms with Crippen LogP contribution in [0.25, 0.3) is 5.53 Å². The molecule has 1 aliphatic rings. The van der Waals surface area contributed by atoms with Crippen molar-refractivity contribution in [2.24, 2.45) is 0 Å². The molecule has 0 aromatic heterocycles. The lowest BCUT2D eigenvalue weighted by molar-refractivity contribution is -0.147. The Labute approximate surface area is 135 Å². The number of esters is 1. The monoisotopic (exact) mass is 316 g/mol. The van der Waals surface area contributed by atoms with E-state index in [1.807, 2.05) is 0 Å². The lowest BCUT2D eigenvalue weighted by atomic mass is 9.66. The van der Waals surface area contributed by atoms with E-state index in [9.17, 15) is 9.59 Å². The first kappa shape index (κ1) is 16.9. The van der Waals surface area contributed by atoms with Gasteiger partial charge in [0.1, 0.15) is 5.75 Å². The Morgan fingerprint density at radius 3 is 2.87 bits per heavy atom. The van der Waals surface area contributed by atoms with Crippen LogP contribution in [0.2, 0.25) is 0 Å². The first-order chi connectivity index (χ1) is 11.1. The van der Waals surface area contributed by atoms with Gasteiger partial charge in [-0.05, 0) is 37.5 Å². The number of carbonyl (C=O) groups excluding carboxylic acids is 2. The van der Waals surface area contributed by atoms with Crippen molar-refractivity contribution >= 4 is 17.5 Å². The second-order valence-corrected chi connectivity index (χ2v) is 5.53. The lowest BCUT2D eigenvalue weighted by Gasteiger charge is -2.33. The second kappa shape index (κ2) is 7.20. The van der Waals surface area contributed by atoms with Crippen molar-refractivity contribution in [2.75, 3.05) is 13.7 Å².